The summed E-state index contributed by atoms with van der Waals surface area (Å²) in [6.45, 7) is 1.33. The molecule has 4 rings (SSSR count). The summed E-state index contributed by atoms with van der Waals surface area (Å²) in [6.07, 6.45) is 3.67. The quantitative estimate of drug-likeness (QED) is 0.797. The minimum absolute atomic E-state index is 0.128. The number of hydrogen-bond donors (Lipinski definition) is 1. The van der Waals surface area contributed by atoms with Crippen LogP contribution in [-0.4, -0.2) is 41.4 Å². The van der Waals surface area contributed by atoms with Crippen LogP contribution in [0.15, 0.2) is 54.9 Å². The maximum absolute atomic E-state index is 10.8. The van der Waals surface area contributed by atoms with Crippen LogP contribution in [0.3, 0.4) is 0 Å². The van der Waals surface area contributed by atoms with Gasteiger partial charge in [-0.25, -0.2) is 9.97 Å². The normalized spacial score (nSPS) is 20.6. The smallest absolute Gasteiger partial charge is 0.257 e. The number of nitrogens with zero attached hydrogens (tertiary/aromatic N) is 3. The van der Waals surface area contributed by atoms with Gasteiger partial charge in [0, 0.05) is 31.4 Å². The Balaban J connectivity index is 1.56. The minimum atomic E-state index is -0.457. The van der Waals surface area contributed by atoms with Crippen molar-refractivity contribution in [3.05, 3.63) is 60.4 Å². The van der Waals surface area contributed by atoms with Gasteiger partial charge in [-0.1, -0.05) is 42.5 Å². The third kappa shape index (κ3) is 3.03. The fourth-order valence-electron chi connectivity index (χ4n) is 3.63. The zero-order chi connectivity index (χ0) is 17.2. The van der Waals surface area contributed by atoms with E-state index in [4.69, 9.17) is 4.74 Å². The molecule has 1 aliphatic heterocycles. The summed E-state index contributed by atoms with van der Waals surface area (Å²) in [5, 5.41) is 13.2. The topological polar surface area (TPSA) is 58.5 Å². The first kappa shape index (κ1) is 15.8. The lowest BCUT2D eigenvalue weighted by molar-refractivity contribution is 0.129. The van der Waals surface area contributed by atoms with Gasteiger partial charge in [0.2, 0.25) is 0 Å². The molecule has 0 saturated carbocycles. The summed E-state index contributed by atoms with van der Waals surface area (Å²) in [7, 11) is 1.59. The number of fused-ring (bicyclic) bond motifs is 1. The number of aliphatic hydroxyl groups is 1. The zero-order valence-electron chi connectivity index (χ0n) is 14.2. The second-order valence-electron chi connectivity index (χ2n) is 6.40. The molecule has 1 aromatic heterocycles. The Kier molecular flexibility index (Phi) is 4.24. The fraction of sp³-hybridized carbons (Fsp3) is 0.300. The van der Waals surface area contributed by atoms with Crippen molar-refractivity contribution in [3.8, 4) is 5.88 Å². The summed E-state index contributed by atoms with van der Waals surface area (Å²) in [6, 6.07) is 14.8. The zero-order valence-corrected chi connectivity index (χ0v) is 14.2. The monoisotopic (exact) mass is 335 g/mol. The molecule has 0 radical (unpaired) electrons. The number of aromatic nitrogens is 2. The average molecular weight is 335 g/mol. The van der Waals surface area contributed by atoms with E-state index in [9.17, 15) is 5.11 Å². The third-order valence-electron chi connectivity index (χ3n) is 4.92. The Bertz CT molecular complexity index is 883. The highest BCUT2D eigenvalue weighted by Gasteiger charge is 2.31. The Morgan fingerprint density at radius 2 is 1.88 bits per heavy atom. The molecule has 0 spiro atoms. The highest BCUT2D eigenvalue weighted by Crippen LogP contribution is 2.33. The summed E-state index contributed by atoms with van der Waals surface area (Å²) in [5.41, 5.74) is 1.19. The van der Waals surface area contributed by atoms with Crippen molar-refractivity contribution in [2.24, 2.45) is 0 Å². The van der Waals surface area contributed by atoms with Gasteiger partial charge in [0.15, 0.2) is 5.82 Å². The first-order valence-electron chi connectivity index (χ1n) is 8.53. The Morgan fingerprint density at radius 3 is 2.68 bits per heavy atom. The van der Waals surface area contributed by atoms with Gasteiger partial charge < -0.3 is 14.7 Å². The summed E-state index contributed by atoms with van der Waals surface area (Å²) in [4.78, 5) is 10.6. The first-order chi connectivity index (χ1) is 12.3. The van der Waals surface area contributed by atoms with E-state index in [1.165, 1.54) is 16.3 Å². The van der Waals surface area contributed by atoms with Crippen LogP contribution in [0, 0.1) is 0 Å². The molecule has 1 saturated heterocycles. The van der Waals surface area contributed by atoms with Gasteiger partial charge in [0.25, 0.3) is 5.88 Å². The van der Waals surface area contributed by atoms with E-state index in [0.29, 0.717) is 18.2 Å². The molecular weight excluding hydrogens is 314 g/mol. The molecule has 0 bridgehead atoms. The van der Waals surface area contributed by atoms with Crippen LogP contribution >= 0.6 is 0 Å². The van der Waals surface area contributed by atoms with Crippen molar-refractivity contribution < 1.29 is 9.84 Å². The predicted octanol–water partition coefficient (Wildman–Crippen LogP) is 2.99. The maximum atomic E-state index is 10.8. The van der Waals surface area contributed by atoms with E-state index in [0.717, 1.165) is 13.0 Å². The molecule has 0 aliphatic carbocycles. The Morgan fingerprint density at radius 1 is 1.08 bits per heavy atom. The molecule has 25 heavy (non-hydrogen) atoms. The SMILES string of the molecule is COc1nccnc1N1CC[C@@H](c2ccc3ccccc3c2)[C@H](O)C1. The van der Waals surface area contributed by atoms with E-state index in [1.54, 1.807) is 19.5 Å². The fourth-order valence-corrected chi connectivity index (χ4v) is 3.63. The van der Waals surface area contributed by atoms with E-state index in [1.807, 2.05) is 17.0 Å². The molecule has 5 nitrogen and oxygen atoms in total. The standard InChI is InChI=1S/C20H21N3O2/c1-25-20-19(21-9-10-22-20)23-11-8-17(18(24)13-23)16-7-6-14-4-2-3-5-15(14)12-16/h2-7,9-10,12,17-18,24H,8,11,13H2,1H3/t17-,18+/m0/s1. The number of piperidine rings is 1. The summed E-state index contributed by atoms with van der Waals surface area (Å²) >= 11 is 0. The molecule has 1 fully saturated rings. The van der Waals surface area contributed by atoms with Gasteiger partial charge in [-0.3, -0.25) is 0 Å². The largest absolute Gasteiger partial charge is 0.478 e. The molecule has 1 N–H and O–H groups in total. The molecule has 0 unspecified atom stereocenters. The van der Waals surface area contributed by atoms with Crippen LogP contribution in [0.25, 0.3) is 10.8 Å². The van der Waals surface area contributed by atoms with E-state index in [-0.39, 0.29) is 5.92 Å². The van der Waals surface area contributed by atoms with Crippen LogP contribution < -0.4 is 9.64 Å². The number of rotatable bonds is 3. The highest BCUT2D eigenvalue weighted by atomic mass is 16.5. The van der Waals surface area contributed by atoms with Crippen molar-refractivity contribution in [1.29, 1.82) is 0 Å². The number of β-amino-alcohol motifs (C(OH)–C–C–N with tert-alkyl or cyclic N) is 1. The van der Waals surface area contributed by atoms with Gasteiger partial charge in [0.05, 0.1) is 13.2 Å². The Labute approximate surface area is 146 Å². The van der Waals surface area contributed by atoms with Crippen LogP contribution in [0.1, 0.15) is 17.9 Å². The molecule has 3 aromatic rings. The van der Waals surface area contributed by atoms with Crippen LogP contribution in [0.2, 0.25) is 0 Å². The van der Waals surface area contributed by atoms with Crippen LogP contribution in [0.4, 0.5) is 5.82 Å². The summed E-state index contributed by atoms with van der Waals surface area (Å²) in [5.74, 6) is 1.32. The molecule has 2 atom stereocenters. The third-order valence-corrected chi connectivity index (χ3v) is 4.92. The lowest BCUT2D eigenvalue weighted by Crippen LogP contribution is -2.43. The molecule has 1 aliphatic rings. The molecular formula is C20H21N3O2. The van der Waals surface area contributed by atoms with E-state index < -0.39 is 6.10 Å². The van der Waals surface area contributed by atoms with Crippen molar-refractivity contribution in [3.63, 3.8) is 0 Å². The van der Waals surface area contributed by atoms with Gasteiger partial charge in [-0.15, -0.1) is 0 Å². The number of aliphatic hydroxyl groups excluding tert-OH is 1. The molecule has 2 heterocycles. The molecule has 0 amide bonds. The summed E-state index contributed by atoms with van der Waals surface area (Å²) < 4.78 is 5.30. The van der Waals surface area contributed by atoms with Gasteiger partial charge >= 0.3 is 0 Å². The number of benzene rings is 2. The van der Waals surface area contributed by atoms with Gasteiger partial charge in [-0.05, 0) is 22.8 Å². The first-order valence-corrected chi connectivity index (χ1v) is 8.53. The second-order valence-corrected chi connectivity index (χ2v) is 6.40. The second kappa shape index (κ2) is 6.69. The molecule has 2 aromatic carbocycles. The van der Waals surface area contributed by atoms with Crippen molar-refractivity contribution in [2.75, 3.05) is 25.1 Å². The average Bonchev–Trinajstić information content (AvgIpc) is 2.67. The van der Waals surface area contributed by atoms with Crippen molar-refractivity contribution in [2.45, 2.75) is 18.4 Å². The highest BCUT2D eigenvalue weighted by molar-refractivity contribution is 5.83. The van der Waals surface area contributed by atoms with E-state index >= 15 is 0 Å². The Hall–Kier alpha value is -2.66. The van der Waals surface area contributed by atoms with Gasteiger partial charge in [0.1, 0.15) is 0 Å². The minimum Gasteiger partial charge on any atom is -0.478 e. The molecule has 5 heteroatoms. The number of anilines is 1. The lowest BCUT2D eigenvalue weighted by Gasteiger charge is -2.37. The van der Waals surface area contributed by atoms with Crippen LogP contribution in [0.5, 0.6) is 5.88 Å². The number of ether oxygens (including phenoxy) is 1. The maximum Gasteiger partial charge on any atom is 0.257 e. The predicted molar refractivity (Wildman–Crippen MR) is 98.1 cm³/mol. The molecule has 128 valence electrons. The van der Waals surface area contributed by atoms with Crippen LogP contribution in [-0.2, 0) is 0 Å². The van der Waals surface area contributed by atoms with E-state index in [2.05, 4.69) is 40.3 Å². The number of methoxy groups -OCH3 is 1. The number of hydrogen-bond acceptors (Lipinski definition) is 5. The van der Waals surface area contributed by atoms with Gasteiger partial charge in [-0.2, -0.15) is 0 Å². The van der Waals surface area contributed by atoms with Crippen molar-refractivity contribution >= 4 is 16.6 Å². The lowest BCUT2D eigenvalue weighted by atomic mass is 9.86. The van der Waals surface area contributed by atoms with Crippen molar-refractivity contribution in [1.82, 2.24) is 9.97 Å².